The number of esters is 2. The summed E-state index contributed by atoms with van der Waals surface area (Å²) < 4.78 is 22.8. The van der Waals surface area contributed by atoms with Crippen LogP contribution in [-0.4, -0.2) is 38.9 Å². The van der Waals surface area contributed by atoms with Crippen LogP contribution < -0.4 is 29.4 Å². The third-order valence-corrected chi connectivity index (χ3v) is 6.87. The summed E-state index contributed by atoms with van der Waals surface area (Å²) in [5.74, 6) is 1.23. The second-order valence-electron chi connectivity index (χ2n) is 9.83. The van der Waals surface area contributed by atoms with E-state index in [-0.39, 0.29) is 0 Å². The SMILES string of the molecule is C=CCCCOc1ccc(C2=c3cc4c(cc3OC2=O)=C(c2ccc(OCCCC(=C)COOC)cc2)C(=O)O4)cc1. The van der Waals surface area contributed by atoms with Gasteiger partial charge in [-0.05, 0) is 78.8 Å². The molecule has 8 nitrogen and oxygen atoms in total. The quantitative estimate of drug-likeness (QED) is 0.0659. The van der Waals surface area contributed by atoms with Crippen molar-refractivity contribution in [3.8, 4) is 23.0 Å². The van der Waals surface area contributed by atoms with Crippen molar-refractivity contribution in [1.29, 1.82) is 0 Å². The van der Waals surface area contributed by atoms with E-state index in [1.165, 1.54) is 7.11 Å². The third kappa shape index (κ3) is 6.46. The molecule has 0 bridgehead atoms. The summed E-state index contributed by atoms with van der Waals surface area (Å²) in [6.07, 6.45) is 5.16. The van der Waals surface area contributed by atoms with Crippen molar-refractivity contribution in [2.24, 2.45) is 0 Å². The van der Waals surface area contributed by atoms with E-state index < -0.39 is 11.9 Å². The van der Waals surface area contributed by atoms with E-state index in [4.69, 9.17) is 23.8 Å². The van der Waals surface area contributed by atoms with Gasteiger partial charge in [0, 0.05) is 10.4 Å². The number of hydrogen-bond donors (Lipinski definition) is 0. The van der Waals surface area contributed by atoms with E-state index in [0.29, 0.717) is 75.5 Å². The van der Waals surface area contributed by atoms with Crippen molar-refractivity contribution in [1.82, 2.24) is 0 Å². The first kappa shape index (κ1) is 28.9. The van der Waals surface area contributed by atoms with Crippen LogP contribution in [0.2, 0.25) is 0 Å². The van der Waals surface area contributed by atoms with Crippen LogP contribution in [0.4, 0.5) is 0 Å². The van der Waals surface area contributed by atoms with Crippen LogP contribution in [0.15, 0.2) is 85.5 Å². The van der Waals surface area contributed by atoms with E-state index in [2.05, 4.69) is 18.0 Å². The van der Waals surface area contributed by atoms with Gasteiger partial charge in [-0.1, -0.05) is 36.9 Å². The highest BCUT2D eigenvalue weighted by Crippen LogP contribution is 2.28. The lowest BCUT2D eigenvalue weighted by Crippen LogP contribution is -2.11. The summed E-state index contributed by atoms with van der Waals surface area (Å²) in [5.41, 5.74) is 3.09. The lowest BCUT2D eigenvalue weighted by atomic mass is 10.0. The van der Waals surface area contributed by atoms with Crippen LogP contribution in [0.1, 0.15) is 36.8 Å². The maximum absolute atomic E-state index is 12.9. The fourth-order valence-corrected chi connectivity index (χ4v) is 4.77. The minimum absolute atomic E-state index is 0.350. The van der Waals surface area contributed by atoms with Crippen LogP contribution in [0, 0.1) is 0 Å². The van der Waals surface area contributed by atoms with Gasteiger partial charge in [0.1, 0.15) is 29.6 Å². The van der Waals surface area contributed by atoms with Gasteiger partial charge in [-0.3, -0.25) is 0 Å². The molecule has 3 aromatic rings. The molecule has 0 saturated heterocycles. The summed E-state index contributed by atoms with van der Waals surface area (Å²) in [5, 5.41) is 1.15. The Morgan fingerprint density at radius 3 is 1.76 bits per heavy atom. The van der Waals surface area contributed by atoms with Gasteiger partial charge in [-0.15, -0.1) is 6.58 Å². The van der Waals surface area contributed by atoms with Crippen LogP contribution in [-0.2, 0) is 19.4 Å². The van der Waals surface area contributed by atoms with E-state index in [1.807, 2.05) is 54.6 Å². The molecule has 0 aliphatic carbocycles. The summed E-state index contributed by atoms with van der Waals surface area (Å²) in [6.45, 7) is 9.09. The Bertz CT molecular complexity index is 1620. The first-order chi connectivity index (χ1) is 20.5. The molecule has 0 atom stereocenters. The summed E-state index contributed by atoms with van der Waals surface area (Å²) in [4.78, 5) is 35.3. The molecule has 42 heavy (non-hydrogen) atoms. The van der Waals surface area contributed by atoms with Gasteiger partial charge in [0.25, 0.3) is 0 Å². The highest BCUT2D eigenvalue weighted by molar-refractivity contribution is 6.21. The van der Waals surface area contributed by atoms with Gasteiger partial charge in [0.15, 0.2) is 0 Å². The Labute approximate surface area is 244 Å². The van der Waals surface area contributed by atoms with Crippen LogP contribution in [0.25, 0.3) is 11.1 Å². The largest absolute Gasteiger partial charge is 0.494 e. The second-order valence-corrected chi connectivity index (χ2v) is 9.83. The molecule has 0 fully saturated rings. The number of hydrogen-bond acceptors (Lipinski definition) is 8. The zero-order valence-electron chi connectivity index (χ0n) is 23.5. The van der Waals surface area contributed by atoms with E-state index in [1.54, 1.807) is 12.1 Å². The van der Waals surface area contributed by atoms with E-state index in [0.717, 1.165) is 31.3 Å². The van der Waals surface area contributed by atoms with Crippen molar-refractivity contribution >= 4 is 23.1 Å². The minimum Gasteiger partial charge on any atom is -0.494 e. The molecular formula is C34H32O8. The fourth-order valence-electron chi connectivity index (χ4n) is 4.77. The highest BCUT2D eigenvalue weighted by atomic mass is 17.2. The second kappa shape index (κ2) is 13.3. The molecule has 2 heterocycles. The van der Waals surface area contributed by atoms with Crippen molar-refractivity contribution < 1.29 is 38.3 Å². The van der Waals surface area contributed by atoms with E-state index in [9.17, 15) is 9.59 Å². The van der Waals surface area contributed by atoms with Crippen molar-refractivity contribution in [3.05, 3.63) is 107 Å². The minimum atomic E-state index is -0.468. The summed E-state index contributed by atoms with van der Waals surface area (Å²) >= 11 is 0. The first-order valence-corrected chi connectivity index (χ1v) is 13.7. The van der Waals surface area contributed by atoms with Crippen molar-refractivity contribution in [3.63, 3.8) is 0 Å². The molecule has 0 aromatic heterocycles. The van der Waals surface area contributed by atoms with Gasteiger partial charge in [-0.2, -0.15) is 0 Å². The molecule has 0 amide bonds. The molecule has 0 spiro atoms. The molecule has 5 rings (SSSR count). The highest BCUT2D eigenvalue weighted by Gasteiger charge is 2.30. The molecule has 0 radical (unpaired) electrons. The molecule has 8 heteroatoms. The lowest BCUT2D eigenvalue weighted by Gasteiger charge is -2.08. The van der Waals surface area contributed by atoms with Gasteiger partial charge in [0.2, 0.25) is 0 Å². The standard InChI is InChI=1S/C34H32O8/c1-4-5-6-17-38-25-13-9-23(10-14-25)31-27-19-30-28(20-29(27)41-33(31)35)32(34(36)42-30)24-11-15-26(16-12-24)39-18-7-8-22(2)21-40-37-3/h4,9-16,19-20H,1-2,5-8,17-18,21H2,3H3. The van der Waals surface area contributed by atoms with Crippen LogP contribution >= 0.6 is 0 Å². The van der Waals surface area contributed by atoms with Gasteiger partial charge < -0.3 is 18.9 Å². The Hall–Kier alpha value is -4.66. The predicted molar refractivity (Wildman–Crippen MR) is 157 cm³/mol. The third-order valence-electron chi connectivity index (χ3n) is 6.87. The molecule has 216 valence electrons. The molecule has 2 aliphatic heterocycles. The Balaban J connectivity index is 1.33. The summed E-state index contributed by atoms with van der Waals surface area (Å²) in [7, 11) is 1.46. The molecule has 0 saturated carbocycles. The Morgan fingerprint density at radius 2 is 1.29 bits per heavy atom. The average molecular weight is 569 g/mol. The van der Waals surface area contributed by atoms with Crippen molar-refractivity contribution in [2.45, 2.75) is 25.7 Å². The number of rotatable bonds is 15. The van der Waals surface area contributed by atoms with Gasteiger partial charge in [-0.25, -0.2) is 19.4 Å². The molecule has 0 N–H and O–H groups in total. The number of fused-ring (bicyclic) bond motifs is 2. The fraction of sp³-hybridized carbons (Fsp3) is 0.235. The number of ether oxygens (including phenoxy) is 4. The zero-order valence-corrected chi connectivity index (χ0v) is 23.5. The number of carbonyl (C=O) groups excluding carboxylic acids is 2. The predicted octanol–water partition coefficient (Wildman–Crippen LogP) is 4.56. The molecule has 3 aromatic carbocycles. The normalized spacial score (nSPS) is 13.4. The lowest BCUT2D eigenvalue weighted by molar-refractivity contribution is -0.265. The zero-order chi connectivity index (χ0) is 29.5. The topological polar surface area (TPSA) is 89.5 Å². The maximum Gasteiger partial charge on any atom is 0.344 e. The van der Waals surface area contributed by atoms with Crippen molar-refractivity contribution in [2.75, 3.05) is 26.9 Å². The smallest absolute Gasteiger partial charge is 0.344 e. The van der Waals surface area contributed by atoms with Gasteiger partial charge >= 0.3 is 11.9 Å². The summed E-state index contributed by atoms with van der Waals surface area (Å²) in [6, 6.07) is 17.9. The van der Waals surface area contributed by atoms with E-state index >= 15 is 0 Å². The van der Waals surface area contributed by atoms with Crippen LogP contribution in [0.5, 0.6) is 23.0 Å². The Morgan fingerprint density at radius 1 is 0.786 bits per heavy atom. The maximum atomic E-state index is 12.9. The van der Waals surface area contributed by atoms with Crippen LogP contribution in [0.3, 0.4) is 0 Å². The number of allylic oxidation sites excluding steroid dienone is 1. The monoisotopic (exact) mass is 568 g/mol. The molecule has 0 unspecified atom stereocenters. The number of carbonyl (C=O) groups is 2. The molecule has 2 aliphatic rings. The Kier molecular flexibility index (Phi) is 9.16. The first-order valence-electron chi connectivity index (χ1n) is 13.7. The average Bonchev–Trinajstić information content (AvgIpc) is 3.49. The number of benzene rings is 3. The van der Waals surface area contributed by atoms with Gasteiger partial charge in [0.05, 0.1) is 31.5 Å². The molecular weight excluding hydrogens is 536 g/mol. The number of unbranched alkanes of at least 4 members (excludes halogenated alkanes) is 1.